The van der Waals surface area contributed by atoms with E-state index < -0.39 is 29.1 Å². The minimum absolute atomic E-state index is 0.0292. The number of aryl methyl sites for hydroxylation is 3. The van der Waals surface area contributed by atoms with Crippen LogP contribution in [0.25, 0.3) is 11.1 Å². The molecule has 3 aromatic rings. The largest absolute Gasteiger partial charge is 0.204 e. The minimum Gasteiger partial charge on any atom is -0.204 e. The summed E-state index contributed by atoms with van der Waals surface area (Å²) < 4.78 is 68.2. The molecule has 0 fully saturated rings. The standard InChI is InChI=1S/C21H15F5/c1-12-2-5-14(6-3-12)16-9-8-15(19(24)20(16)25)7-4-13-10-17(22)21(26)18(23)11-13/h2-3,5-6,8-11H,4,7H2,1H3. The smallest absolute Gasteiger partial charge is 0.194 e. The molecular formula is C21H15F5. The van der Waals surface area contributed by atoms with E-state index in [4.69, 9.17) is 0 Å². The third-order valence-electron chi connectivity index (χ3n) is 4.25. The Balaban J connectivity index is 1.83. The quantitative estimate of drug-likeness (QED) is 0.386. The van der Waals surface area contributed by atoms with E-state index in [1.807, 2.05) is 6.92 Å². The SMILES string of the molecule is Cc1ccc(-c2ccc(CCc3cc(F)c(F)c(F)c3)c(F)c2F)cc1. The summed E-state index contributed by atoms with van der Waals surface area (Å²) in [5.74, 6) is -6.12. The Morgan fingerprint density at radius 1 is 0.654 bits per heavy atom. The fourth-order valence-corrected chi connectivity index (χ4v) is 2.77. The maximum Gasteiger partial charge on any atom is 0.194 e. The van der Waals surface area contributed by atoms with Gasteiger partial charge in [-0.15, -0.1) is 0 Å². The first-order valence-electron chi connectivity index (χ1n) is 8.04. The Morgan fingerprint density at radius 2 is 1.27 bits per heavy atom. The van der Waals surface area contributed by atoms with Gasteiger partial charge in [-0.3, -0.25) is 0 Å². The number of rotatable bonds is 4. The van der Waals surface area contributed by atoms with Crippen molar-refractivity contribution in [3.05, 3.63) is 94.3 Å². The summed E-state index contributed by atoms with van der Waals surface area (Å²) in [6, 6.07) is 11.7. The van der Waals surface area contributed by atoms with Crippen molar-refractivity contribution in [3.63, 3.8) is 0 Å². The lowest BCUT2D eigenvalue weighted by Crippen LogP contribution is -2.01. The summed E-state index contributed by atoms with van der Waals surface area (Å²) >= 11 is 0. The second kappa shape index (κ2) is 7.28. The molecule has 0 aliphatic rings. The van der Waals surface area contributed by atoms with Crippen LogP contribution in [0.2, 0.25) is 0 Å². The zero-order valence-corrected chi connectivity index (χ0v) is 13.9. The number of benzene rings is 3. The van der Waals surface area contributed by atoms with E-state index in [1.165, 1.54) is 12.1 Å². The minimum atomic E-state index is -1.55. The molecule has 26 heavy (non-hydrogen) atoms. The molecule has 0 bridgehead atoms. The highest BCUT2D eigenvalue weighted by atomic mass is 19.2. The van der Waals surface area contributed by atoms with Gasteiger partial charge in [-0.25, -0.2) is 22.0 Å². The van der Waals surface area contributed by atoms with Gasteiger partial charge in [0.1, 0.15) is 0 Å². The summed E-state index contributed by atoms with van der Waals surface area (Å²) in [7, 11) is 0. The van der Waals surface area contributed by atoms with Crippen LogP contribution in [0.1, 0.15) is 16.7 Å². The fourth-order valence-electron chi connectivity index (χ4n) is 2.77. The molecule has 0 saturated heterocycles. The third kappa shape index (κ3) is 3.62. The molecule has 0 amide bonds. The number of hydrogen-bond donors (Lipinski definition) is 0. The normalized spacial score (nSPS) is 11.0. The molecule has 0 heterocycles. The van der Waals surface area contributed by atoms with Gasteiger partial charge in [0.2, 0.25) is 0 Å². The van der Waals surface area contributed by atoms with E-state index in [0.717, 1.165) is 17.7 Å². The average molecular weight is 362 g/mol. The summed E-state index contributed by atoms with van der Waals surface area (Å²) in [6.45, 7) is 1.89. The predicted octanol–water partition coefficient (Wildman–Crippen LogP) is 6.14. The van der Waals surface area contributed by atoms with E-state index in [0.29, 0.717) is 5.56 Å². The van der Waals surface area contributed by atoms with Gasteiger partial charge in [0.05, 0.1) is 0 Å². The van der Waals surface area contributed by atoms with Gasteiger partial charge in [-0.05, 0) is 48.6 Å². The Kier molecular flexibility index (Phi) is 5.07. The predicted molar refractivity (Wildman–Crippen MR) is 90.3 cm³/mol. The van der Waals surface area contributed by atoms with Crippen molar-refractivity contribution in [1.29, 1.82) is 0 Å². The van der Waals surface area contributed by atoms with Gasteiger partial charge in [0.25, 0.3) is 0 Å². The van der Waals surface area contributed by atoms with Crippen molar-refractivity contribution in [3.8, 4) is 11.1 Å². The van der Waals surface area contributed by atoms with Crippen LogP contribution in [-0.2, 0) is 12.8 Å². The molecule has 5 heteroatoms. The zero-order valence-electron chi connectivity index (χ0n) is 13.9. The van der Waals surface area contributed by atoms with Gasteiger partial charge >= 0.3 is 0 Å². The van der Waals surface area contributed by atoms with Crippen molar-refractivity contribution in [2.45, 2.75) is 19.8 Å². The van der Waals surface area contributed by atoms with E-state index in [-0.39, 0.29) is 29.5 Å². The molecule has 0 aliphatic carbocycles. The van der Waals surface area contributed by atoms with Crippen LogP contribution in [-0.4, -0.2) is 0 Å². The molecule has 0 aliphatic heterocycles. The Bertz CT molecular complexity index is 922. The third-order valence-corrected chi connectivity index (χ3v) is 4.25. The maximum absolute atomic E-state index is 14.4. The summed E-state index contributed by atoms with van der Waals surface area (Å²) in [4.78, 5) is 0. The van der Waals surface area contributed by atoms with Crippen LogP contribution in [0.15, 0.2) is 48.5 Å². The van der Waals surface area contributed by atoms with Crippen LogP contribution in [0.4, 0.5) is 22.0 Å². The molecule has 3 rings (SSSR count). The molecule has 3 aromatic carbocycles. The fraction of sp³-hybridized carbons (Fsp3) is 0.143. The van der Waals surface area contributed by atoms with Crippen LogP contribution < -0.4 is 0 Å². The second-order valence-corrected chi connectivity index (χ2v) is 6.14. The van der Waals surface area contributed by atoms with Gasteiger partial charge in [0, 0.05) is 5.56 Å². The van der Waals surface area contributed by atoms with E-state index in [9.17, 15) is 22.0 Å². The van der Waals surface area contributed by atoms with Crippen molar-refractivity contribution in [2.75, 3.05) is 0 Å². The topological polar surface area (TPSA) is 0 Å². The lowest BCUT2D eigenvalue weighted by molar-refractivity contribution is 0.445. The molecular weight excluding hydrogens is 347 g/mol. The van der Waals surface area contributed by atoms with Crippen LogP contribution in [0.5, 0.6) is 0 Å². The van der Waals surface area contributed by atoms with Crippen LogP contribution in [0, 0.1) is 36.0 Å². The number of hydrogen-bond acceptors (Lipinski definition) is 0. The molecule has 0 saturated carbocycles. The number of halogens is 5. The summed E-state index contributed by atoms with van der Waals surface area (Å²) in [5, 5.41) is 0. The molecule has 0 unspecified atom stereocenters. The zero-order chi connectivity index (χ0) is 18.8. The molecule has 0 aromatic heterocycles. The Morgan fingerprint density at radius 3 is 1.88 bits per heavy atom. The lowest BCUT2D eigenvalue weighted by atomic mass is 9.98. The Labute approximate surface area is 147 Å². The second-order valence-electron chi connectivity index (χ2n) is 6.14. The highest BCUT2D eigenvalue weighted by Crippen LogP contribution is 2.27. The monoisotopic (exact) mass is 362 g/mol. The molecule has 0 radical (unpaired) electrons. The molecule has 0 nitrogen and oxygen atoms in total. The van der Waals surface area contributed by atoms with Crippen LogP contribution >= 0.6 is 0 Å². The van der Waals surface area contributed by atoms with Gasteiger partial charge in [0.15, 0.2) is 29.1 Å². The molecule has 0 spiro atoms. The first-order valence-corrected chi connectivity index (χ1v) is 8.04. The van der Waals surface area contributed by atoms with Crippen LogP contribution in [0.3, 0.4) is 0 Å². The van der Waals surface area contributed by atoms with E-state index in [2.05, 4.69) is 0 Å². The van der Waals surface area contributed by atoms with Crippen molar-refractivity contribution >= 4 is 0 Å². The van der Waals surface area contributed by atoms with Crippen molar-refractivity contribution < 1.29 is 22.0 Å². The summed E-state index contributed by atoms with van der Waals surface area (Å²) in [5.41, 5.74) is 1.96. The first kappa shape index (κ1) is 18.1. The Hall–Kier alpha value is -2.69. The van der Waals surface area contributed by atoms with Crippen molar-refractivity contribution in [1.82, 2.24) is 0 Å². The van der Waals surface area contributed by atoms with Gasteiger partial charge in [-0.1, -0.05) is 42.0 Å². The molecule has 134 valence electrons. The lowest BCUT2D eigenvalue weighted by Gasteiger charge is -2.10. The van der Waals surface area contributed by atoms with Crippen molar-refractivity contribution in [2.24, 2.45) is 0 Å². The molecule has 0 N–H and O–H groups in total. The highest BCUT2D eigenvalue weighted by Gasteiger charge is 2.16. The highest BCUT2D eigenvalue weighted by molar-refractivity contribution is 5.65. The maximum atomic E-state index is 14.4. The average Bonchev–Trinajstić information content (AvgIpc) is 2.62. The summed E-state index contributed by atoms with van der Waals surface area (Å²) in [6.07, 6.45) is 0.0792. The van der Waals surface area contributed by atoms with Gasteiger partial charge < -0.3 is 0 Å². The van der Waals surface area contributed by atoms with E-state index >= 15 is 0 Å². The van der Waals surface area contributed by atoms with E-state index in [1.54, 1.807) is 24.3 Å². The van der Waals surface area contributed by atoms with Gasteiger partial charge in [-0.2, -0.15) is 0 Å². The first-order chi connectivity index (χ1) is 12.4. The molecule has 0 atom stereocenters.